The molecule has 0 spiro atoms. The quantitative estimate of drug-likeness (QED) is 0.439. The van der Waals surface area contributed by atoms with Crippen molar-refractivity contribution in [2.75, 3.05) is 20.3 Å². The Kier molecular flexibility index (Phi) is 5.93. The molecule has 0 bridgehead atoms. The molecule has 0 aliphatic rings. The summed E-state index contributed by atoms with van der Waals surface area (Å²) >= 11 is 0. The minimum absolute atomic E-state index is 0.309. The first-order chi connectivity index (χ1) is 4.27. The zero-order valence-corrected chi connectivity index (χ0v) is 6.31. The van der Waals surface area contributed by atoms with Gasteiger partial charge in [0.15, 0.2) is 0 Å². The first kappa shape index (κ1) is 8.88. The van der Waals surface area contributed by atoms with Gasteiger partial charge in [-0.25, -0.2) is 5.48 Å². The largest absolute Gasteiger partial charge is 0.377 e. The number of rotatable bonds is 5. The smallest absolute Gasteiger partial charge is 0.0617 e. The summed E-state index contributed by atoms with van der Waals surface area (Å²) in [5.41, 5.74) is 2.68. The molecular formula is C6H15NO2. The van der Waals surface area contributed by atoms with E-state index in [4.69, 9.17) is 4.74 Å². The summed E-state index contributed by atoms with van der Waals surface area (Å²) in [4.78, 5) is 4.59. The van der Waals surface area contributed by atoms with E-state index < -0.39 is 0 Å². The van der Waals surface area contributed by atoms with Crippen LogP contribution in [-0.4, -0.2) is 26.4 Å². The molecule has 0 saturated heterocycles. The maximum atomic E-state index is 5.20. The van der Waals surface area contributed by atoms with E-state index in [1.165, 1.54) is 0 Å². The predicted octanol–water partition coefficient (Wildman–Crippen LogP) is 0.562. The summed E-state index contributed by atoms with van der Waals surface area (Å²) < 4.78 is 5.20. The predicted molar refractivity (Wildman–Crippen MR) is 36.1 cm³/mol. The average molecular weight is 133 g/mol. The van der Waals surface area contributed by atoms with Gasteiger partial charge < -0.3 is 9.57 Å². The Hall–Kier alpha value is -0.120. The van der Waals surface area contributed by atoms with Crippen LogP contribution in [0.5, 0.6) is 0 Å². The van der Waals surface area contributed by atoms with Gasteiger partial charge in [-0.05, 0) is 13.8 Å². The molecule has 9 heavy (non-hydrogen) atoms. The van der Waals surface area contributed by atoms with Crippen LogP contribution in [-0.2, 0) is 9.57 Å². The highest BCUT2D eigenvalue weighted by Crippen LogP contribution is 1.84. The van der Waals surface area contributed by atoms with E-state index in [0.29, 0.717) is 12.7 Å². The van der Waals surface area contributed by atoms with Crippen molar-refractivity contribution in [1.29, 1.82) is 0 Å². The molecule has 0 aliphatic heterocycles. The summed E-state index contributed by atoms with van der Waals surface area (Å²) in [5.74, 6) is 0. The molecule has 0 unspecified atom stereocenters. The molecule has 0 aromatic carbocycles. The van der Waals surface area contributed by atoms with E-state index in [1.807, 2.05) is 13.8 Å². The SMILES string of the molecule is CONCCOC(C)C. The monoisotopic (exact) mass is 133 g/mol. The number of hydrogen-bond acceptors (Lipinski definition) is 3. The zero-order chi connectivity index (χ0) is 7.11. The number of hydroxylamine groups is 1. The van der Waals surface area contributed by atoms with Crippen molar-refractivity contribution in [3.8, 4) is 0 Å². The molecule has 0 fully saturated rings. The molecule has 0 amide bonds. The van der Waals surface area contributed by atoms with Gasteiger partial charge >= 0.3 is 0 Å². The van der Waals surface area contributed by atoms with E-state index in [0.717, 1.165) is 6.54 Å². The van der Waals surface area contributed by atoms with Crippen molar-refractivity contribution >= 4 is 0 Å². The molecule has 3 nitrogen and oxygen atoms in total. The molecule has 0 aliphatic carbocycles. The maximum Gasteiger partial charge on any atom is 0.0617 e. The van der Waals surface area contributed by atoms with Crippen LogP contribution < -0.4 is 5.48 Å². The second-order valence-corrected chi connectivity index (χ2v) is 2.02. The minimum Gasteiger partial charge on any atom is -0.377 e. The second kappa shape index (κ2) is 6.01. The topological polar surface area (TPSA) is 30.5 Å². The fourth-order valence-corrected chi connectivity index (χ4v) is 0.438. The van der Waals surface area contributed by atoms with Crippen LogP contribution in [0.15, 0.2) is 0 Å². The highest BCUT2D eigenvalue weighted by Gasteiger charge is 1.90. The van der Waals surface area contributed by atoms with Crippen LogP contribution in [0.1, 0.15) is 13.8 Å². The summed E-state index contributed by atoms with van der Waals surface area (Å²) in [5, 5.41) is 0. The van der Waals surface area contributed by atoms with Gasteiger partial charge in [0.25, 0.3) is 0 Å². The molecule has 56 valence electrons. The van der Waals surface area contributed by atoms with Gasteiger partial charge in [0.05, 0.1) is 19.8 Å². The molecule has 0 radical (unpaired) electrons. The number of hydrogen-bond donors (Lipinski definition) is 1. The van der Waals surface area contributed by atoms with Gasteiger partial charge in [0.1, 0.15) is 0 Å². The first-order valence-corrected chi connectivity index (χ1v) is 3.15. The molecule has 0 aromatic rings. The van der Waals surface area contributed by atoms with Crippen molar-refractivity contribution in [2.24, 2.45) is 0 Å². The fraction of sp³-hybridized carbons (Fsp3) is 1.00. The van der Waals surface area contributed by atoms with Crippen LogP contribution in [0.3, 0.4) is 0 Å². The highest BCUT2D eigenvalue weighted by atomic mass is 16.6. The zero-order valence-electron chi connectivity index (χ0n) is 6.31. The standard InChI is InChI=1S/C6H15NO2/c1-6(2)9-5-4-7-8-3/h6-7H,4-5H2,1-3H3. The molecule has 0 aromatic heterocycles. The van der Waals surface area contributed by atoms with E-state index in [-0.39, 0.29) is 0 Å². The summed E-state index contributed by atoms with van der Waals surface area (Å²) in [7, 11) is 1.59. The molecular weight excluding hydrogens is 118 g/mol. The van der Waals surface area contributed by atoms with Crippen molar-refractivity contribution in [2.45, 2.75) is 20.0 Å². The van der Waals surface area contributed by atoms with E-state index in [1.54, 1.807) is 7.11 Å². The van der Waals surface area contributed by atoms with Gasteiger partial charge in [-0.1, -0.05) is 0 Å². The van der Waals surface area contributed by atoms with Crippen LogP contribution in [0.2, 0.25) is 0 Å². The Balaban J connectivity index is 2.75. The Morgan fingerprint density at radius 3 is 2.56 bits per heavy atom. The highest BCUT2D eigenvalue weighted by molar-refractivity contribution is 4.37. The Bertz CT molecular complexity index is 57.0. The van der Waals surface area contributed by atoms with Crippen LogP contribution in [0.25, 0.3) is 0 Å². The van der Waals surface area contributed by atoms with Crippen LogP contribution >= 0.6 is 0 Å². The van der Waals surface area contributed by atoms with Gasteiger partial charge in [-0.3, -0.25) is 0 Å². The third kappa shape index (κ3) is 7.88. The Morgan fingerprint density at radius 2 is 2.11 bits per heavy atom. The number of nitrogens with one attached hydrogen (secondary N) is 1. The molecule has 0 rings (SSSR count). The third-order valence-corrected chi connectivity index (χ3v) is 0.800. The van der Waals surface area contributed by atoms with Gasteiger partial charge in [-0.2, -0.15) is 0 Å². The Labute approximate surface area is 56.3 Å². The second-order valence-electron chi connectivity index (χ2n) is 2.02. The molecule has 0 atom stereocenters. The molecule has 3 heteroatoms. The molecule has 0 heterocycles. The van der Waals surface area contributed by atoms with Gasteiger partial charge in [0, 0.05) is 6.54 Å². The van der Waals surface area contributed by atoms with E-state index in [9.17, 15) is 0 Å². The fourth-order valence-electron chi connectivity index (χ4n) is 0.438. The lowest BCUT2D eigenvalue weighted by molar-refractivity contribution is 0.0342. The molecule has 1 N–H and O–H groups in total. The third-order valence-electron chi connectivity index (χ3n) is 0.800. The van der Waals surface area contributed by atoms with E-state index >= 15 is 0 Å². The summed E-state index contributed by atoms with van der Waals surface area (Å²) in [6.07, 6.45) is 0.309. The van der Waals surface area contributed by atoms with Crippen molar-refractivity contribution < 1.29 is 9.57 Å². The number of ether oxygens (including phenoxy) is 1. The molecule has 0 saturated carbocycles. The summed E-state index contributed by atoms with van der Waals surface area (Å²) in [6.45, 7) is 5.46. The van der Waals surface area contributed by atoms with Crippen LogP contribution in [0.4, 0.5) is 0 Å². The first-order valence-electron chi connectivity index (χ1n) is 3.15. The summed E-state index contributed by atoms with van der Waals surface area (Å²) in [6, 6.07) is 0. The normalized spacial score (nSPS) is 10.7. The minimum atomic E-state index is 0.309. The Morgan fingerprint density at radius 1 is 1.44 bits per heavy atom. The van der Waals surface area contributed by atoms with E-state index in [2.05, 4.69) is 10.3 Å². The van der Waals surface area contributed by atoms with Crippen molar-refractivity contribution in [3.63, 3.8) is 0 Å². The van der Waals surface area contributed by atoms with Gasteiger partial charge in [-0.15, -0.1) is 0 Å². The lowest BCUT2D eigenvalue weighted by Crippen LogP contribution is -2.19. The van der Waals surface area contributed by atoms with Crippen molar-refractivity contribution in [3.05, 3.63) is 0 Å². The lowest BCUT2D eigenvalue weighted by Gasteiger charge is -2.06. The lowest BCUT2D eigenvalue weighted by atomic mass is 10.5. The van der Waals surface area contributed by atoms with Crippen molar-refractivity contribution in [1.82, 2.24) is 5.48 Å². The van der Waals surface area contributed by atoms with Gasteiger partial charge in [0.2, 0.25) is 0 Å². The van der Waals surface area contributed by atoms with Crippen LogP contribution in [0, 0.1) is 0 Å². The average Bonchev–Trinajstić information content (AvgIpc) is 1.80. The maximum absolute atomic E-state index is 5.20.